The molecule has 0 aromatic heterocycles. The number of hydrogen-bond donors (Lipinski definition) is 0. The van der Waals surface area contributed by atoms with Gasteiger partial charge >= 0.3 is 17.4 Å². The fourth-order valence-electron chi connectivity index (χ4n) is 0.379. The number of rotatable bonds is 3. The monoisotopic (exact) mass is 241 g/mol. The van der Waals surface area contributed by atoms with E-state index in [0.29, 0.717) is 0 Å². The van der Waals surface area contributed by atoms with E-state index in [4.69, 9.17) is 5.26 Å². The first-order valence-electron chi connectivity index (χ1n) is 2.89. The van der Waals surface area contributed by atoms with Crippen LogP contribution in [0.1, 0.15) is 0 Å². The van der Waals surface area contributed by atoms with E-state index < -0.39 is 34.9 Å². The molecule has 0 aromatic rings. The topological polar surface area (TPSA) is 23.8 Å². The van der Waals surface area contributed by atoms with Crippen molar-refractivity contribution in [1.29, 1.82) is 5.26 Å². The zero-order valence-electron chi connectivity index (χ0n) is 6.21. The third-order valence-electron chi connectivity index (χ3n) is 1.04. The molecule has 0 radical (unpaired) electrons. The number of halogens is 7. The van der Waals surface area contributed by atoms with Crippen molar-refractivity contribution in [1.82, 2.24) is 0 Å². The van der Waals surface area contributed by atoms with Crippen LogP contribution in [0.25, 0.3) is 0 Å². The second-order valence-electron chi connectivity index (χ2n) is 2.04. The molecule has 0 unspecified atom stereocenters. The summed E-state index contributed by atoms with van der Waals surface area (Å²) in [5, 5.41) is 2.44. The third-order valence-corrected chi connectivity index (χ3v) is 1.93. The van der Waals surface area contributed by atoms with E-state index in [1.807, 2.05) is 0 Å². The lowest BCUT2D eigenvalue weighted by Gasteiger charge is -2.26. The smallest absolute Gasteiger partial charge is 0.197 e. The third kappa shape index (κ3) is 2.43. The van der Waals surface area contributed by atoms with Gasteiger partial charge in [-0.25, -0.2) is 0 Å². The van der Waals surface area contributed by atoms with Crippen LogP contribution in [-0.2, 0) is 0 Å². The molecule has 82 valence electrons. The maximum absolute atomic E-state index is 12.2. The number of thioether (sulfide) groups is 1. The van der Waals surface area contributed by atoms with Gasteiger partial charge in [0.15, 0.2) is 0 Å². The number of alkyl halides is 7. The molecule has 0 bridgehead atoms. The summed E-state index contributed by atoms with van der Waals surface area (Å²) in [6.45, 7) is 0. The van der Waals surface area contributed by atoms with E-state index in [-0.39, 0.29) is 0 Å². The highest BCUT2D eigenvalue weighted by Crippen LogP contribution is 2.51. The Hall–Kier alpha value is -0.650. The van der Waals surface area contributed by atoms with Gasteiger partial charge in [-0.05, 0) is 0 Å². The van der Waals surface area contributed by atoms with Crippen LogP contribution in [-0.4, -0.2) is 23.1 Å². The molecule has 0 spiro atoms. The molecule has 9 heteroatoms. The minimum absolute atomic E-state index is 1.03. The van der Waals surface area contributed by atoms with Crippen LogP contribution < -0.4 is 0 Å². The highest BCUT2D eigenvalue weighted by Gasteiger charge is 2.73. The normalized spacial score (nSPS) is 13.9. The Morgan fingerprint density at radius 3 is 1.71 bits per heavy atom. The molecule has 0 saturated heterocycles. The second-order valence-corrected chi connectivity index (χ2v) is 3.13. The fourth-order valence-corrected chi connectivity index (χ4v) is 0.921. The Kier molecular flexibility index (Phi) is 3.66. The molecule has 0 amide bonds. The Morgan fingerprint density at radius 2 is 1.43 bits per heavy atom. The van der Waals surface area contributed by atoms with E-state index in [0.717, 1.165) is 6.07 Å². The van der Waals surface area contributed by atoms with Crippen LogP contribution in [0.2, 0.25) is 0 Å². The first kappa shape index (κ1) is 13.4. The van der Waals surface area contributed by atoms with Crippen molar-refractivity contribution in [3.05, 3.63) is 0 Å². The lowest BCUT2D eigenvalue weighted by Crippen LogP contribution is -2.50. The Morgan fingerprint density at radius 1 is 1.00 bits per heavy atom. The van der Waals surface area contributed by atoms with Gasteiger partial charge in [0.25, 0.3) is 0 Å². The van der Waals surface area contributed by atoms with Gasteiger partial charge in [0.2, 0.25) is 0 Å². The van der Waals surface area contributed by atoms with Crippen molar-refractivity contribution in [2.45, 2.75) is 17.4 Å². The van der Waals surface area contributed by atoms with E-state index in [1.54, 1.807) is 0 Å². The predicted molar refractivity (Wildman–Crippen MR) is 34.0 cm³/mol. The molecule has 0 rings (SSSR count). The van der Waals surface area contributed by atoms with Crippen molar-refractivity contribution in [3.8, 4) is 6.07 Å². The molecule has 1 nitrogen and oxygen atoms in total. The predicted octanol–water partition coefficient (Wildman–Crippen LogP) is 3.03. The molecular formula is C5H2F7NS. The Balaban J connectivity index is 4.80. The molecule has 0 N–H and O–H groups in total. The first-order chi connectivity index (χ1) is 6.06. The molecule has 14 heavy (non-hydrogen) atoms. The SMILES string of the molecule is N#CCSC(F)(F)C(F)(F)C(F)(F)F. The number of nitrogens with zero attached hydrogens (tertiary/aromatic N) is 1. The highest BCUT2D eigenvalue weighted by atomic mass is 32.2. The quantitative estimate of drug-likeness (QED) is 0.709. The lowest BCUT2D eigenvalue weighted by molar-refractivity contribution is -0.330. The van der Waals surface area contributed by atoms with Crippen LogP contribution in [0.5, 0.6) is 0 Å². The molecule has 0 atom stereocenters. The maximum Gasteiger partial charge on any atom is 0.460 e. The van der Waals surface area contributed by atoms with Crippen LogP contribution in [0.4, 0.5) is 30.7 Å². The standard InChI is InChI=1S/C5H2F7NS/c6-3(7,4(8,9)10)5(11,12)14-2-1-13/h2H2. The van der Waals surface area contributed by atoms with Crippen molar-refractivity contribution < 1.29 is 30.7 Å². The van der Waals surface area contributed by atoms with E-state index >= 15 is 0 Å². The minimum Gasteiger partial charge on any atom is -0.197 e. The number of hydrogen-bond acceptors (Lipinski definition) is 2. The van der Waals surface area contributed by atoms with Gasteiger partial charge in [0, 0.05) is 0 Å². The molecule has 0 aromatic carbocycles. The van der Waals surface area contributed by atoms with Crippen molar-refractivity contribution in [2.24, 2.45) is 0 Å². The first-order valence-corrected chi connectivity index (χ1v) is 3.88. The van der Waals surface area contributed by atoms with Gasteiger partial charge in [0.1, 0.15) is 0 Å². The van der Waals surface area contributed by atoms with Crippen molar-refractivity contribution >= 4 is 11.8 Å². The fraction of sp³-hybridized carbons (Fsp3) is 0.800. The highest BCUT2D eigenvalue weighted by molar-refractivity contribution is 8.00. The van der Waals surface area contributed by atoms with E-state index in [1.165, 1.54) is 0 Å². The molecule has 0 aliphatic carbocycles. The number of nitriles is 1. The van der Waals surface area contributed by atoms with Crippen molar-refractivity contribution in [3.63, 3.8) is 0 Å². The molecule has 0 heterocycles. The Labute approximate surface area is 77.9 Å². The minimum atomic E-state index is -6.33. The molecule has 0 aliphatic heterocycles. The second kappa shape index (κ2) is 3.84. The maximum atomic E-state index is 12.2. The largest absolute Gasteiger partial charge is 0.460 e. The summed E-state index contributed by atoms with van der Waals surface area (Å²) in [4.78, 5) is 0. The molecule has 0 saturated carbocycles. The van der Waals surface area contributed by atoms with Gasteiger partial charge in [-0.1, -0.05) is 11.8 Å². The lowest BCUT2D eigenvalue weighted by atomic mass is 10.3. The molecule has 0 aliphatic rings. The summed E-state index contributed by atoms with van der Waals surface area (Å²) in [5.41, 5.74) is 0. The Bertz CT molecular complexity index is 239. The summed E-state index contributed by atoms with van der Waals surface area (Å²) >= 11 is -1.05. The average molecular weight is 241 g/mol. The average Bonchev–Trinajstić information content (AvgIpc) is 1.98. The summed E-state index contributed by atoms with van der Waals surface area (Å²) < 4.78 is 82.8. The van der Waals surface area contributed by atoms with E-state index in [9.17, 15) is 30.7 Å². The van der Waals surface area contributed by atoms with Crippen LogP contribution in [0.15, 0.2) is 0 Å². The van der Waals surface area contributed by atoms with Gasteiger partial charge in [-0.15, -0.1) is 0 Å². The van der Waals surface area contributed by atoms with Gasteiger partial charge in [-0.2, -0.15) is 36.0 Å². The van der Waals surface area contributed by atoms with Crippen LogP contribution >= 0.6 is 11.8 Å². The van der Waals surface area contributed by atoms with Crippen LogP contribution in [0.3, 0.4) is 0 Å². The summed E-state index contributed by atoms with van der Waals surface area (Å²) in [6.07, 6.45) is -6.33. The summed E-state index contributed by atoms with van der Waals surface area (Å²) in [5.74, 6) is -7.29. The van der Waals surface area contributed by atoms with E-state index in [2.05, 4.69) is 0 Å². The zero-order valence-corrected chi connectivity index (χ0v) is 7.02. The molecule has 0 fully saturated rings. The van der Waals surface area contributed by atoms with Gasteiger partial charge in [-0.3, -0.25) is 0 Å². The zero-order chi connectivity index (χ0) is 11.6. The summed E-state index contributed by atoms with van der Waals surface area (Å²) in [7, 11) is 0. The van der Waals surface area contributed by atoms with Crippen molar-refractivity contribution in [2.75, 3.05) is 5.75 Å². The molecular weight excluding hydrogens is 239 g/mol. The summed E-state index contributed by atoms with van der Waals surface area (Å²) in [6, 6.07) is 1.03. The van der Waals surface area contributed by atoms with Gasteiger partial charge < -0.3 is 0 Å². The van der Waals surface area contributed by atoms with Gasteiger partial charge in [0.05, 0.1) is 11.8 Å². The van der Waals surface area contributed by atoms with Crippen LogP contribution in [0, 0.1) is 11.3 Å².